The lowest BCUT2D eigenvalue weighted by Crippen LogP contribution is -2.16. The third kappa shape index (κ3) is 2.32. The van der Waals surface area contributed by atoms with Crippen molar-refractivity contribution in [3.63, 3.8) is 0 Å². The molecule has 0 saturated carbocycles. The lowest BCUT2D eigenvalue weighted by atomic mass is 10.2. The summed E-state index contributed by atoms with van der Waals surface area (Å²) in [7, 11) is 0. The molecule has 4 N–H and O–H groups in total. The third-order valence-corrected chi connectivity index (χ3v) is 2.12. The summed E-state index contributed by atoms with van der Waals surface area (Å²) in [4.78, 5) is 26.2. The number of hydrogen-bond donors (Lipinski definition) is 3. The lowest BCUT2D eigenvalue weighted by molar-refractivity contribution is 0.0991. The number of halogens is 1. The number of aromatic nitrogens is 3. The first-order valence-corrected chi connectivity index (χ1v) is 4.84. The fourth-order valence-corrected chi connectivity index (χ4v) is 1.30. The van der Waals surface area contributed by atoms with Crippen LogP contribution in [0.15, 0.2) is 24.5 Å². The van der Waals surface area contributed by atoms with Gasteiger partial charge in [-0.2, -0.15) is 5.10 Å². The molecular weight excluding hydrogens is 241 g/mol. The van der Waals surface area contributed by atoms with E-state index in [9.17, 15) is 14.0 Å². The van der Waals surface area contributed by atoms with Gasteiger partial charge in [-0.25, -0.2) is 9.37 Å². The molecule has 92 valence electrons. The molecule has 2 amide bonds. The van der Waals surface area contributed by atoms with Crippen LogP contribution in [0.1, 0.15) is 21.0 Å². The Hall–Kier alpha value is -2.77. The van der Waals surface area contributed by atoms with E-state index in [2.05, 4.69) is 20.5 Å². The fourth-order valence-electron chi connectivity index (χ4n) is 1.30. The molecule has 0 aliphatic heterocycles. The van der Waals surface area contributed by atoms with Crippen LogP contribution in [0.5, 0.6) is 0 Å². The zero-order valence-corrected chi connectivity index (χ0v) is 8.98. The van der Waals surface area contributed by atoms with Crippen LogP contribution in [0.4, 0.5) is 10.1 Å². The summed E-state index contributed by atoms with van der Waals surface area (Å²) < 4.78 is 13.2. The first kappa shape index (κ1) is 11.7. The van der Waals surface area contributed by atoms with Crippen molar-refractivity contribution in [2.75, 3.05) is 5.32 Å². The largest absolute Gasteiger partial charge is 0.366 e. The van der Waals surface area contributed by atoms with Gasteiger partial charge in [0.15, 0.2) is 0 Å². The van der Waals surface area contributed by atoms with E-state index in [1.54, 1.807) is 0 Å². The van der Waals surface area contributed by atoms with Crippen LogP contribution in [0.3, 0.4) is 0 Å². The number of benzene rings is 1. The minimum absolute atomic E-state index is 0.0000463. The first-order valence-electron chi connectivity index (χ1n) is 4.84. The van der Waals surface area contributed by atoms with Crippen LogP contribution >= 0.6 is 0 Å². The number of nitrogens with one attached hydrogen (secondary N) is 2. The van der Waals surface area contributed by atoms with Gasteiger partial charge in [0.1, 0.15) is 12.1 Å². The van der Waals surface area contributed by atoms with E-state index < -0.39 is 17.6 Å². The molecule has 2 aromatic rings. The van der Waals surface area contributed by atoms with Gasteiger partial charge < -0.3 is 11.1 Å². The molecule has 0 aliphatic carbocycles. The van der Waals surface area contributed by atoms with E-state index in [1.165, 1.54) is 12.4 Å². The molecule has 0 atom stereocenters. The number of primary amides is 1. The molecule has 18 heavy (non-hydrogen) atoms. The van der Waals surface area contributed by atoms with Crippen molar-refractivity contribution < 1.29 is 14.0 Å². The predicted molar refractivity (Wildman–Crippen MR) is 59.3 cm³/mol. The van der Waals surface area contributed by atoms with E-state index in [0.717, 1.165) is 12.1 Å². The number of nitrogens with zero attached hydrogens (tertiary/aromatic N) is 2. The number of aromatic amines is 1. The highest BCUT2D eigenvalue weighted by atomic mass is 19.1. The lowest BCUT2D eigenvalue weighted by Gasteiger charge is -2.05. The molecule has 0 spiro atoms. The van der Waals surface area contributed by atoms with Gasteiger partial charge in [-0.1, -0.05) is 0 Å². The van der Waals surface area contributed by atoms with Gasteiger partial charge in [0.25, 0.3) is 11.8 Å². The molecule has 1 heterocycles. The number of anilines is 1. The van der Waals surface area contributed by atoms with E-state index in [0.29, 0.717) is 0 Å². The smallest absolute Gasteiger partial charge is 0.292 e. The van der Waals surface area contributed by atoms with Gasteiger partial charge in [0, 0.05) is 5.69 Å². The summed E-state index contributed by atoms with van der Waals surface area (Å²) in [6.07, 6.45) is 1.18. The molecule has 0 radical (unpaired) electrons. The zero-order chi connectivity index (χ0) is 13.1. The SMILES string of the molecule is NC(=O)c1cc(NC(=O)c2ncn[nH]2)ccc1F. The maximum atomic E-state index is 13.2. The molecule has 0 saturated heterocycles. The summed E-state index contributed by atoms with van der Waals surface area (Å²) in [5.41, 5.74) is 4.92. The Balaban J connectivity index is 2.22. The van der Waals surface area contributed by atoms with Gasteiger partial charge in [-0.15, -0.1) is 0 Å². The summed E-state index contributed by atoms with van der Waals surface area (Å²) >= 11 is 0. The van der Waals surface area contributed by atoms with Gasteiger partial charge in [-0.05, 0) is 18.2 Å². The maximum absolute atomic E-state index is 13.2. The highest BCUT2D eigenvalue weighted by Crippen LogP contribution is 2.14. The Bertz CT molecular complexity index is 596. The third-order valence-electron chi connectivity index (χ3n) is 2.12. The monoisotopic (exact) mass is 249 g/mol. The van der Waals surface area contributed by atoms with E-state index in [1.807, 2.05) is 0 Å². The quantitative estimate of drug-likeness (QED) is 0.725. The van der Waals surface area contributed by atoms with E-state index in [4.69, 9.17) is 5.73 Å². The Morgan fingerprint density at radius 2 is 2.17 bits per heavy atom. The van der Waals surface area contributed by atoms with E-state index >= 15 is 0 Å². The highest BCUT2D eigenvalue weighted by Gasteiger charge is 2.12. The van der Waals surface area contributed by atoms with Gasteiger partial charge in [-0.3, -0.25) is 14.7 Å². The number of rotatable bonds is 3. The number of nitrogens with two attached hydrogens (primary N) is 1. The van der Waals surface area contributed by atoms with Crippen LogP contribution in [0, 0.1) is 5.82 Å². The molecule has 0 bridgehead atoms. The van der Waals surface area contributed by atoms with Crippen molar-refractivity contribution in [2.24, 2.45) is 5.73 Å². The number of carbonyl (C=O) groups is 2. The average Bonchev–Trinajstić information content (AvgIpc) is 2.85. The molecular formula is C10H8FN5O2. The van der Waals surface area contributed by atoms with Crippen LogP contribution in [-0.4, -0.2) is 27.0 Å². The van der Waals surface area contributed by atoms with Gasteiger partial charge in [0.2, 0.25) is 5.82 Å². The molecule has 0 unspecified atom stereocenters. The zero-order valence-electron chi connectivity index (χ0n) is 8.98. The van der Waals surface area contributed by atoms with Crippen LogP contribution in [-0.2, 0) is 0 Å². The number of H-pyrrole nitrogens is 1. The van der Waals surface area contributed by atoms with E-state index in [-0.39, 0.29) is 17.1 Å². The molecule has 7 nitrogen and oxygen atoms in total. The molecule has 8 heteroatoms. The predicted octanol–water partition coefficient (Wildman–Crippen LogP) is 0.295. The number of carbonyl (C=O) groups excluding carboxylic acids is 2. The Labute approximate surface area is 100 Å². The van der Waals surface area contributed by atoms with Gasteiger partial charge >= 0.3 is 0 Å². The number of hydrogen-bond acceptors (Lipinski definition) is 4. The second-order valence-corrected chi connectivity index (χ2v) is 3.35. The second kappa shape index (κ2) is 4.62. The molecule has 0 aliphatic rings. The van der Waals surface area contributed by atoms with Crippen LogP contribution in [0.25, 0.3) is 0 Å². The Kier molecular flexibility index (Phi) is 3.00. The normalized spacial score (nSPS) is 10.1. The second-order valence-electron chi connectivity index (χ2n) is 3.35. The minimum atomic E-state index is -0.914. The first-order chi connectivity index (χ1) is 8.58. The van der Waals surface area contributed by atoms with Crippen molar-refractivity contribution in [2.45, 2.75) is 0 Å². The Morgan fingerprint density at radius 3 is 2.78 bits per heavy atom. The summed E-state index contributed by atoms with van der Waals surface area (Å²) in [6, 6.07) is 3.48. The van der Waals surface area contributed by atoms with Crippen LogP contribution < -0.4 is 11.1 Å². The number of amides is 2. The molecule has 1 aromatic heterocycles. The average molecular weight is 249 g/mol. The Morgan fingerprint density at radius 1 is 1.39 bits per heavy atom. The van der Waals surface area contributed by atoms with Crippen molar-refractivity contribution >= 4 is 17.5 Å². The summed E-state index contributed by atoms with van der Waals surface area (Å²) in [5.74, 6) is -2.22. The summed E-state index contributed by atoms with van der Waals surface area (Å²) in [5, 5.41) is 8.30. The minimum Gasteiger partial charge on any atom is -0.366 e. The van der Waals surface area contributed by atoms with Gasteiger partial charge in [0.05, 0.1) is 5.56 Å². The topological polar surface area (TPSA) is 114 Å². The van der Waals surface area contributed by atoms with Crippen molar-refractivity contribution in [1.29, 1.82) is 0 Å². The van der Waals surface area contributed by atoms with Crippen molar-refractivity contribution in [1.82, 2.24) is 15.2 Å². The van der Waals surface area contributed by atoms with Crippen LogP contribution in [0.2, 0.25) is 0 Å². The maximum Gasteiger partial charge on any atom is 0.292 e. The summed E-state index contributed by atoms with van der Waals surface area (Å²) in [6.45, 7) is 0. The highest BCUT2D eigenvalue weighted by molar-refractivity contribution is 6.02. The molecule has 1 aromatic carbocycles. The van der Waals surface area contributed by atoms with Crippen molar-refractivity contribution in [3.05, 3.63) is 41.7 Å². The molecule has 2 rings (SSSR count). The fraction of sp³-hybridized carbons (Fsp3) is 0. The molecule has 0 fully saturated rings. The van der Waals surface area contributed by atoms with Crippen molar-refractivity contribution in [3.8, 4) is 0 Å². The standard InChI is InChI=1S/C10H8FN5O2/c11-7-2-1-5(3-6(7)8(12)17)15-10(18)9-13-4-14-16-9/h1-4H,(H2,12,17)(H,15,18)(H,13,14,16).